The van der Waals surface area contributed by atoms with Crippen LogP contribution >= 0.6 is 0 Å². The van der Waals surface area contributed by atoms with E-state index in [4.69, 9.17) is 0 Å². The summed E-state index contributed by atoms with van der Waals surface area (Å²) in [5.74, 6) is 0.442. The number of rotatable bonds is 10. The van der Waals surface area contributed by atoms with E-state index in [0.29, 0.717) is 25.4 Å². The fourth-order valence-corrected chi connectivity index (χ4v) is 4.48. The van der Waals surface area contributed by atoms with E-state index < -0.39 is 0 Å². The normalized spacial score (nSPS) is 14.8. The van der Waals surface area contributed by atoms with E-state index in [-0.39, 0.29) is 29.8 Å². The van der Waals surface area contributed by atoms with Crippen molar-refractivity contribution in [2.45, 2.75) is 72.5 Å². The largest absolute Gasteiger partial charge is 0.353 e. The maximum absolute atomic E-state index is 13.5. The second kappa shape index (κ2) is 10.4. The van der Waals surface area contributed by atoms with Crippen molar-refractivity contribution in [3.05, 3.63) is 59.9 Å². The Labute approximate surface area is 193 Å². The molecule has 1 saturated carbocycles. The summed E-state index contributed by atoms with van der Waals surface area (Å²) in [6.45, 7) is 10.0. The molecule has 1 aromatic carbocycles. The van der Waals surface area contributed by atoms with Crippen molar-refractivity contribution in [2.75, 3.05) is 6.54 Å². The number of benzene rings is 1. The third-order valence-corrected chi connectivity index (χ3v) is 6.07. The van der Waals surface area contributed by atoms with E-state index in [0.717, 1.165) is 30.5 Å². The first-order valence-corrected chi connectivity index (χ1v) is 11.8. The third kappa shape index (κ3) is 7.25. The third-order valence-electron chi connectivity index (χ3n) is 6.07. The van der Waals surface area contributed by atoms with Gasteiger partial charge >= 0.3 is 0 Å². The molecule has 0 unspecified atom stereocenters. The van der Waals surface area contributed by atoms with Gasteiger partial charge in [-0.15, -0.1) is 0 Å². The average molecular weight is 438 g/mol. The smallest absolute Gasteiger partial charge is 0.242 e. The minimum Gasteiger partial charge on any atom is -0.353 e. The highest BCUT2D eigenvalue weighted by Gasteiger charge is 2.35. The van der Waals surface area contributed by atoms with E-state index in [1.54, 1.807) is 0 Å². The van der Waals surface area contributed by atoms with E-state index >= 15 is 0 Å². The van der Waals surface area contributed by atoms with Crippen LogP contribution in [-0.2, 0) is 29.7 Å². The van der Waals surface area contributed by atoms with Crippen LogP contribution in [0.3, 0.4) is 0 Å². The first-order chi connectivity index (χ1) is 15.1. The molecular formula is C27H39N3O2. The molecule has 5 nitrogen and oxygen atoms in total. The van der Waals surface area contributed by atoms with Gasteiger partial charge in [0.25, 0.3) is 0 Å². The Hall–Kier alpha value is -2.56. The summed E-state index contributed by atoms with van der Waals surface area (Å²) < 4.78 is 2.04. The Morgan fingerprint density at radius 1 is 1.03 bits per heavy atom. The molecule has 1 aromatic heterocycles. The standard InChI is InChI=1S/C27H39N3O2/c1-21(17-27(2,3)4)16-25(31)30(23-13-14-23)20-26(32)29(18-22-10-7-6-8-11-22)19-24-12-9-15-28(24)5/h6-12,15,21,23H,13-14,16-20H2,1-5H3/t21-/m0/s1. The van der Waals surface area contributed by atoms with Gasteiger partial charge in [-0.05, 0) is 48.3 Å². The lowest BCUT2D eigenvalue weighted by Crippen LogP contribution is -2.44. The molecule has 1 aliphatic rings. The molecule has 0 aliphatic heterocycles. The molecule has 1 heterocycles. The lowest BCUT2D eigenvalue weighted by atomic mass is 9.84. The molecule has 1 fully saturated rings. The summed E-state index contributed by atoms with van der Waals surface area (Å²) in [6.07, 6.45) is 5.51. The SMILES string of the molecule is C[C@@H](CC(=O)N(CC(=O)N(Cc1ccccc1)Cc1cccn1C)C1CC1)CC(C)(C)C. The molecule has 5 heteroatoms. The van der Waals surface area contributed by atoms with Crippen molar-refractivity contribution < 1.29 is 9.59 Å². The maximum atomic E-state index is 13.5. The van der Waals surface area contributed by atoms with Gasteiger partial charge in [0.05, 0.1) is 6.54 Å². The topological polar surface area (TPSA) is 45.6 Å². The molecule has 0 saturated heterocycles. The Morgan fingerprint density at radius 2 is 1.72 bits per heavy atom. The number of carbonyl (C=O) groups is 2. The van der Waals surface area contributed by atoms with Crippen LogP contribution in [-0.4, -0.2) is 38.8 Å². The lowest BCUT2D eigenvalue weighted by Gasteiger charge is -2.29. The van der Waals surface area contributed by atoms with Crippen molar-refractivity contribution in [1.82, 2.24) is 14.4 Å². The number of nitrogens with zero attached hydrogens (tertiary/aromatic N) is 3. The first kappa shape index (κ1) is 24.1. The quantitative estimate of drug-likeness (QED) is 0.525. The number of amides is 2. The molecule has 3 rings (SSSR count). The predicted octanol–water partition coefficient (Wildman–Crippen LogP) is 5.01. The van der Waals surface area contributed by atoms with Crippen LogP contribution in [0.15, 0.2) is 48.7 Å². The van der Waals surface area contributed by atoms with Gasteiger partial charge in [-0.1, -0.05) is 58.0 Å². The Bertz CT molecular complexity index is 893. The van der Waals surface area contributed by atoms with Crippen LogP contribution in [0, 0.1) is 11.3 Å². The highest BCUT2D eigenvalue weighted by Crippen LogP contribution is 2.30. The molecule has 2 amide bonds. The molecule has 0 radical (unpaired) electrons. The number of hydrogen-bond donors (Lipinski definition) is 0. The summed E-state index contributed by atoms with van der Waals surface area (Å²) in [4.78, 5) is 30.4. The summed E-state index contributed by atoms with van der Waals surface area (Å²) in [5.41, 5.74) is 2.37. The zero-order valence-corrected chi connectivity index (χ0v) is 20.4. The second-order valence-electron chi connectivity index (χ2n) is 10.7. The molecule has 174 valence electrons. The van der Waals surface area contributed by atoms with Gasteiger partial charge in [0.15, 0.2) is 0 Å². The van der Waals surface area contributed by atoms with Gasteiger partial charge in [-0.25, -0.2) is 0 Å². The molecule has 0 spiro atoms. The molecule has 0 N–H and O–H groups in total. The highest BCUT2D eigenvalue weighted by atomic mass is 16.2. The number of aromatic nitrogens is 1. The maximum Gasteiger partial charge on any atom is 0.242 e. The second-order valence-corrected chi connectivity index (χ2v) is 10.7. The Kier molecular flexibility index (Phi) is 7.81. The Balaban J connectivity index is 1.70. The number of carbonyl (C=O) groups excluding carboxylic acids is 2. The van der Waals surface area contributed by atoms with Crippen molar-refractivity contribution in [3.63, 3.8) is 0 Å². The molecule has 1 atom stereocenters. The molecular weight excluding hydrogens is 398 g/mol. The summed E-state index contributed by atoms with van der Waals surface area (Å²) in [5, 5.41) is 0. The van der Waals surface area contributed by atoms with E-state index in [9.17, 15) is 9.59 Å². The minimum atomic E-state index is 0.0128. The van der Waals surface area contributed by atoms with Crippen LogP contribution in [0.4, 0.5) is 0 Å². The van der Waals surface area contributed by atoms with Crippen molar-refractivity contribution in [3.8, 4) is 0 Å². The van der Waals surface area contributed by atoms with Gasteiger partial charge in [0.1, 0.15) is 6.54 Å². The average Bonchev–Trinajstić information content (AvgIpc) is 3.47. The van der Waals surface area contributed by atoms with Crippen LogP contribution in [0.2, 0.25) is 0 Å². The monoisotopic (exact) mass is 437 g/mol. The summed E-state index contributed by atoms with van der Waals surface area (Å²) in [7, 11) is 2.00. The Morgan fingerprint density at radius 3 is 2.28 bits per heavy atom. The molecule has 0 bridgehead atoms. The van der Waals surface area contributed by atoms with Crippen molar-refractivity contribution in [1.29, 1.82) is 0 Å². The van der Waals surface area contributed by atoms with Gasteiger partial charge < -0.3 is 14.4 Å². The molecule has 32 heavy (non-hydrogen) atoms. The summed E-state index contributed by atoms with van der Waals surface area (Å²) in [6, 6.07) is 14.3. The van der Waals surface area contributed by atoms with E-state index in [1.165, 1.54) is 0 Å². The fourth-order valence-electron chi connectivity index (χ4n) is 4.48. The minimum absolute atomic E-state index is 0.0128. The van der Waals surface area contributed by atoms with E-state index in [1.807, 2.05) is 70.1 Å². The molecule has 2 aromatic rings. The molecule has 1 aliphatic carbocycles. The lowest BCUT2D eigenvalue weighted by molar-refractivity contribution is -0.142. The fraction of sp³-hybridized carbons (Fsp3) is 0.556. The summed E-state index contributed by atoms with van der Waals surface area (Å²) >= 11 is 0. The zero-order chi connectivity index (χ0) is 23.3. The van der Waals surface area contributed by atoms with Gasteiger partial charge in [-0.3, -0.25) is 9.59 Å². The first-order valence-electron chi connectivity index (χ1n) is 11.8. The zero-order valence-electron chi connectivity index (χ0n) is 20.4. The van der Waals surface area contributed by atoms with Gasteiger partial charge in [0.2, 0.25) is 11.8 Å². The highest BCUT2D eigenvalue weighted by molar-refractivity contribution is 5.85. The number of hydrogen-bond acceptors (Lipinski definition) is 2. The van der Waals surface area contributed by atoms with E-state index in [2.05, 4.69) is 27.7 Å². The van der Waals surface area contributed by atoms with Crippen LogP contribution in [0.5, 0.6) is 0 Å². The van der Waals surface area contributed by atoms with Crippen molar-refractivity contribution >= 4 is 11.8 Å². The van der Waals surface area contributed by atoms with Gasteiger partial charge in [0, 0.05) is 37.9 Å². The van der Waals surface area contributed by atoms with Crippen LogP contribution in [0.1, 0.15) is 64.6 Å². The van der Waals surface area contributed by atoms with Crippen LogP contribution in [0.25, 0.3) is 0 Å². The van der Waals surface area contributed by atoms with Crippen LogP contribution < -0.4 is 0 Å². The predicted molar refractivity (Wildman–Crippen MR) is 129 cm³/mol. The van der Waals surface area contributed by atoms with Crippen molar-refractivity contribution in [2.24, 2.45) is 18.4 Å². The van der Waals surface area contributed by atoms with Gasteiger partial charge in [-0.2, -0.15) is 0 Å². The number of aryl methyl sites for hydroxylation is 1.